The number of hydrogen-bond donors (Lipinski definition) is 2. The molecule has 1 fully saturated rings. The number of aliphatic hydroxyl groups is 1. The normalized spacial score (nSPS) is 25.8. The van der Waals surface area contributed by atoms with Crippen LogP contribution in [-0.4, -0.2) is 40.5 Å². The Hall–Kier alpha value is -2.06. The minimum atomic E-state index is -4.27. The van der Waals surface area contributed by atoms with Crippen molar-refractivity contribution in [2.24, 2.45) is 5.92 Å². The first kappa shape index (κ1) is 18.3. The van der Waals surface area contributed by atoms with Gasteiger partial charge in [0.15, 0.2) is 0 Å². The summed E-state index contributed by atoms with van der Waals surface area (Å²) in [6.07, 6.45) is 5.64. The molecule has 0 saturated heterocycles. The van der Waals surface area contributed by atoms with Gasteiger partial charge in [-0.1, -0.05) is 0 Å². The topological polar surface area (TPSA) is 61.4 Å². The lowest BCUT2D eigenvalue weighted by atomic mass is 9.85. The van der Waals surface area contributed by atoms with E-state index in [0.29, 0.717) is 0 Å². The number of pyridine rings is 1. The summed E-state index contributed by atoms with van der Waals surface area (Å²) < 4.78 is 41.5. The van der Waals surface area contributed by atoms with E-state index in [1.807, 2.05) is 18.5 Å². The Balaban J connectivity index is 1.45. The highest BCUT2D eigenvalue weighted by Crippen LogP contribution is 2.41. The lowest BCUT2D eigenvalue weighted by Gasteiger charge is -2.39. The van der Waals surface area contributed by atoms with E-state index in [9.17, 15) is 18.3 Å². The highest BCUT2D eigenvalue weighted by atomic mass is 19.4. The first-order valence-corrected chi connectivity index (χ1v) is 9.17. The molecule has 2 aliphatic rings. The van der Waals surface area contributed by atoms with Gasteiger partial charge in [0.05, 0.1) is 5.69 Å². The van der Waals surface area contributed by atoms with E-state index in [4.69, 9.17) is 4.74 Å². The summed E-state index contributed by atoms with van der Waals surface area (Å²) in [5.41, 5.74) is 2.52. The van der Waals surface area contributed by atoms with Gasteiger partial charge in [-0.3, -0.25) is 0 Å². The SMILES string of the molecule is OC1C=CN([C@H]2CC[C@H](COCC(F)(F)F)CC2)c2c1cnc1[nH]ccc21. The zero-order chi connectivity index (χ0) is 19.0. The van der Waals surface area contributed by atoms with Gasteiger partial charge in [-0.05, 0) is 43.7 Å². The molecule has 2 N–H and O–H groups in total. The van der Waals surface area contributed by atoms with Crippen molar-refractivity contribution in [3.8, 4) is 0 Å². The predicted octanol–water partition coefficient (Wildman–Crippen LogP) is 4.07. The smallest absolute Gasteiger partial charge is 0.384 e. The van der Waals surface area contributed by atoms with E-state index < -0.39 is 18.9 Å². The fourth-order valence-electron chi connectivity index (χ4n) is 4.10. The van der Waals surface area contributed by atoms with Crippen LogP contribution in [0.3, 0.4) is 0 Å². The Morgan fingerprint density at radius 2 is 2.04 bits per heavy atom. The Morgan fingerprint density at radius 3 is 2.78 bits per heavy atom. The molecule has 0 bridgehead atoms. The van der Waals surface area contributed by atoms with E-state index >= 15 is 0 Å². The summed E-state index contributed by atoms with van der Waals surface area (Å²) in [6.45, 7) is -1.02. The molecule has 1 aliphatic heterocycles. The fourth-order valence-corrected chi connectivity index (χ4v) is 4.10. The predicted molar refractivity (Wildman–Crippen MR) is 95.3 cm³/mol. The molecular weight excluding hydrogens is 359 g/mol. The number of aromatic amines is 1. The Kier molecular flexibility index (Phi) is 4.86. The maximum Gasteiger partial charge on any atom is 0.411 e. The third kappa shape index (κ3) is 3.82. The largest absolute Gasteiger partial charge is 0.411 e. The van der Waals surface area contributed by atoms with Crippen LogP contribution >= 0.6 is 0 Å². The number of nitrogens with one attached hydrogen (secondary N) is 1. The van der Waals surface area contributed by atoms with Crippen LogP contribution < -0.4 is 4.90 Å². The fraction of sp³-hybridized carbons (Fsp3) is 0.526. The van der Waals surface area contributed by atoms with Gasteiger partial charge in [-0.15, -0.1) is 0 Å². The maximum atomic E-state index is 12.2. The zero-order valence-electron chi connectivity index (χ0n) is 14.7. The van der Waals surface area contributed by atoms with Crippen LogP contribution in [0.1, 0.15) is 37.4 Å². The minimum absolute atomic E-state index is 0.156. The van der Waals surface area contributed by atoms with Gasteiger partial charge < -0.3 is 19.7 Å². The molecule has 1 atom stereocenters. The molecule has 0 radical (unpaired) electrons. The second-order valence-electron chi connectivity index (χ2n) is 7.30. The molecule has 2 aromatic heterocycles. The molecule has 27 heavy (non-hydrogen) atoms. The van der Waals surface area contributed by atoms with E-state index in [0.717, 1.165) is 48.0 Å². The van der Waals surface area contributed by atoms with Gasteiger partial charge >= 0.3 is 6.18 Å². The molecule has 8 heteroatoms. The molecule has 0 aromatic carbocycles. The van der Waals surface area contributed by atoms with Crippen LogP contribution in [0.2, 0.25) is 0 Å². The van der Waals surface area contributed by atoms with Crippen molar-refractivity contribution in [1.82, 2.24) is 9.97 Å². The Bertz CT molecular complexity index is 825. The lowest BCUT2D eigenvalue weighted by Crippen LogP contribution is -2.37. The first-order valence-electron chi connectivity index (χ1n) is 9.17. The van der Waals surface area contributed by atoms with Crippen LogP contribution in [0.5, 0.6) is 0 Å². The van der Waals surface area contributed by atoms with Crippen molar-refractivity contribution in [1.29, 1.82) is 0 Å². The number of alkyl halides is 3. The molecule has 0 spiro atoms. The molecule has 5 nitrogen and oxygen atoms in total. The van der Waals surface area contributed by atoms with Crippen LogP contribution in [-0.2, 0) is 4.74 Å². The van der Waals surface area contributed by atoms with Crippen molar-refractivity contribution >= 4 is 16.7 Å². The molecule has 4 rings (SSSR count). The number of nitrogens with zero attached hydrogens (tertiary/aromatic N) is 2. The average molecular weight is 381 g/mol. The van der Waals surface area contributed by atoms with Gasteiger partial charge in [0, 0.05) is 42.2 Å². The van der Waals surface area contributed by atoms with Gasteiger partial charge in [-0.25, -0.2) is 4.98 Å². The van der Waals surface area contributed by atoms with Crippen molar-refractivity contribution < 1.29 is 23.0 Å². The van der Waals surface area contributed by atoms with Crippen molar-refractivity contribution in [3.63, 3.8) is 0 Å². The monoisotopic (exact) mass is 381 g/mol. The third-order valence-electron chi connectivity index (χ3n) is 5.42. The van der Waals surface area contributed by atoms with Crippen LogP contribution in [0, 0.1) is 5.92 Å². The number of anilines is 1. The number of halogens is 3. The summed E-state index contributed by atoms with van der Waals surface area (Å²) in [7, 11) is 0. The van der Waals surface area contributed by atoms with Gasteiger partial charge in [0.2, 0.25) is 0 Å². The van der Waals surface area contributed by atoms with E-state index in [1.54, 1.807) is 12.3 Å². The van der Waals surface area contributed by atoms with Crippen LogP contribution in [0.15, 0.2) is 30.7 Å². The number of hydrogen-bond acceptors (Lipinski definition) is 4. The molecule has 146 valence electrons. The molecule has 0 amide bonds. The first-order chi connectivity index (χ1) is 12.9. The second kappa shape index (κ2) is 7.16. The number of ether oxygens (including phenoxy) is 1. The van der Waals surface area contributed by atoms with E-state index in [2.05, 4.69) is 14.9 Å². The zero-order valence-corrected chi connectivity index (χ0v) is 14.7. The van der Waals surface area contributed by atoms with Gasteiger partial charge in [0.25, 0.3) is 0 Å². The highest BCUT2D eigenvalue weighted by Gasteiger charge is 2.32. The quantitative estimate of drug-likeness (QED) is 0.838. The number of rotatable bonds is 4. The summed E-state index contributed by atoms with van der Waals surface area (Å²) in [5, 5.41) is 11.3. The molecule has 2 aromatic rings. The van der Waals surface area contributed by atoms with Gasteiger partial charge in [-0.2, -0.15) is 13.2 Å². The van der Waals surface area contributed by atoms with Crippen molar-refractivity contribution in [2.75, 3.05) is 18.1 Å². The second-order valence-corrected chi connectivity index (χ2v) is 7.30. The Labute approximate surface area is 154 Å². The highest BCUT2D eigenvalue weighted by molar-refractivity contribution is 5.93. The summed E-state index contributed by atoms with van der Waals surface area (Å²) >= 11 is 0. The number of aromatic nitrogens is 2. The average Bonchev–Trinajstić information content (AvgIpc) is 3.11. The summed E-state index contributed by atoms with van der Waals surface area (Å²) in [6, 6.07) is 2.20. The van der Waals surface area contributed by atoms with Crippen molar-refractivity contribution in [2.45, 2.75) is 44.0 Å². The summed E-state index contributed by atoms with van der Waals surface area (Å²) in [4.78, 5) is 9.65. The number of H-pyrrole nitrogens is 1. The third-order valence-corrected chi connectivity index (χ3v) is 5.42. The molecule has 1 saturated carbocycles. The molecular formula is C19H22F3N3O2. The molecule has 1 aliphatic carbocycles. The minimum Gasteiger partial charge on any atom is -0.384 e. The Morgan fingerprint density at radius 1 is 1.26 bits per heavy atom. The lowest BCUT2D eigenvalue weighted by molar-refractivity contribution is -0.177. The van der Waals surface area contributed by atoms with Crippen molar-refractivity contribution in [3.05, 3.63) is 36.3 Å². The number of aliphatic hydroxyl groups excluding tert-OH is 1. The standard InChI is InChI=1S/C19H22F3N3O2/c20-19(21,22)11-27-10-12-1-3-13(4-2-12)25-8-6-16(26)15-9-24-18-14(17(15)25)5-7-23-18/h5-9,12-13,16,26H,1-4,10-11H2,(H,23,24)/t12-,13-,16?. The van der Waals surface area contributed by atoms with E-state index in [-0.39, 0.29) is 18.6 Å². The molecule has 3 heterocycles. The maximum absolute atomic E-state index is 12.2. The molecule has 1 unspecified atom stereocenters. The number of fused-ring (bicyclic) bond motifs is 3. The van der Waals surface area contributed by atoms with E-state index in [1.165, 1.54) is 0 Å². The van der Waals surface area contributed by atoms with Gasteiger partial charge in [0.1, 0.15) is 18.4 Å². The van der Waals surface area contributed by atoms with Crippen LogP contribution in [0.4, 0.5) is 18.9 Å². The summed E-state index contributed by atoms with van der Waals surface area (Å²) in [5.74, 6) is 0.159. The van der Waals surface area contributed by atoms with Crippen LogP contribution in [0.25, 0.3) is 11.0 Å².